The lowest BCUT2D eigenvalue weighted by Gasteiger charge is -2.26. The van der Waals surface area contributed by atoms with Crippen molar-refractivity contribution in [2.45, 2.75) is 81.4 Å². The zero-order valence-corrected chi connectivity index (χ0v) is 30.5. The number of aromatic nitrogens is 1. The molecule has 282 valence electrons. The van der Waals surface area contributed by atoms with Gasteiger partial charge in [-0.15, -0.1) is 24.5 Å². The van der Waals surface area contributed by atoms with Crippen LogP contribution in [0.1, 0.15) is 61.9 Å². The molecule has 5 atom stereocenters. The lowest BCUT2D eigenvalue weighted by molar-refractivity contribution is -0.140. The zero-order chi connectivity index (χ0) is 38.0. The molecular weight excluding hydrogens is 724 g/mol. The van der Waals surface area contributed by atoms with E-state index in [4.69, 9.17) is 4.74 Å². The Morgan fingerprint density at radius 2 is 1.85 bits per heavy atom. The summed E-state index contributed by atoms with van der Waals surface area (Å²) >= 11 is 1.28. The van der Waals surface area contributed by atoms with Crippen molar-refractivity contribution >= 4 is 50.9 Å². The smallest absolute Gasteiger partial charge is 0.416 e. The molecule has 3 fully saturated rings. The molecule has 4 amide bonds. The number of nitrogens with zero attached hydrogens (tertiary/aromatic N) is 2. The van der Waals surface area contributed by atoms with Crippen molar-refractivity contribution in [2.24, 2.45) is 17.8 Å². The SMILES string of the molecule is C=CCCCCN(C)C(=O)[C@@H]1C[C@H](OC(=O)Nc2cc(C(F)(F)F)ccc2-c2csc(C)n2)C[C@H]1C(=O)N[C@]1(C(=O)NS(=O)(=O)C2CC2)C[C@H]1C=C. The third-order valence-electron chi connectivity index (χ3n) is 9.70. The lowest BCUT2D eigenvalue weighted by Crippen LogP contribution is -2.54. The van der Waals surface area contributed by atoms with E-state index in [0.717, 1.165) is 25.0 Å². The van der Waals surface area contributed by atoms with Crippen LogP contribution in [0.4, 0.5) is 23.7 Å². The summed E-state index contributed by atoms with van der Waals surface area (Å²) in [6.45, 7) is 9.51. The van der Waals surface area contributed by atoms with Crippen LogP contribution in [0, 0.1) is 24.7 Å². The minimum absolute atomic E-state index is 0.0811. The number of thiazole rings is 1. The van der Waals surface area contributed by atoms with Gasteiger partial charge in [-0.2, -0.15) is 13.2 Å². The minimum Gasteiger partial charge on any atom is -0.446 e. The van der Waals surface area contributed by atoms with Gasteiger partial charge in [0, 0.05) is 30.5 Å². The number of allylic oxidation sites excluding steroid dienone is 1. The quantitative estimate of drug-likeness (QED) is 0.157. The van der Waals surface area contributed by atoms with E-state index in [2.05, 4.69) is 33.5 Å². The minimum atomic E-state index is -4.70. The normalized spacial score (nSPS) is 24.0. The van der Waals surface area contributed by atoms with Crippen LogP contribution in [0.3, 0.4) is 0 Å². The van der Waals surface area contributed by atoms with Gasteiger partial charge in [-0.1, -0.05) is 18.2 Å². The number of nitrogens with one attached hydrogen (secondary N) is 3. The summed E-state index contributed by atoms with van der Waals surface area (Å²) in [5.41, 5.74) is -2.19. The Labute approximate surface area is 304 Å². The fourth-order valence-electron chi connectivity index (χ4n) is 6.53. The summed E-state index contributed by atoms with van der Waals surface area (Å²) in [7, 11) is -2.33. The van der Waals surface area contributed by atoms with Crippen LogP contribution in [-0.2, 0) is 35.3 Å². The highest BCUT2D eigenvalue weighted by atomic mass is 32.2. The van der Waals surface area contributed by atoms with Gasteiger partial charge in [0.2, 0.25) is 21.8 Å². The molecule has 0 aliphatic heterocycles. The van der Waals surface area contributed by atoms with Crippen LogP contribution < -0.4 is 15.4 Å². The number of carbonyl (C=O) groups is 4. The number of halogens is 3. The Kier molecular flexibility index (Phi) is 11.5. The van der Waals surface area contributed by atoms with Gasteiger partial charge in [0.05, 0.1) is 39.0 Å². The average Bonchev–Trinajstić information content (AvgIpc) is 3.98. The topological polar surface area (TPSA) is 164 Å². The molecule has 3 aliphatic rings. The van der Waals surface area contributed by atoms with Gasteiger partial charge in [0.15, 0.2) is 0 Å². The summed E-state index contributed by atoms with van der Waals surface area (Å²) in [4.78, 5) is 60.1. The fraction of sp³-hybridized carbons (Fsp3) is 0.514. The van der Waals surface area contributed by atoms with Crippen molar-refractivity contribution in [3.63, 3.8) is 0 Å². The molecule has 2 aromatic rings. The molecule has 3 aliphatic carbocycles. The fourth-order valence-corrected chi connectivity index (χ4v) is 8.51. The van der Waals surface area contributed by atoms with Gasteiger partial charge in [-0.25, -0.2) is 18.2 Å². The number of carbonyl (C=O) groups excluding carboxylic acids is 4. The first-order valence-electron chi connectivity index (χ1n) is 17.0. The van der Waals surface area contributed by atoms with Gasteiger partial charge in [-0.05, 0) is 70.4 Å². The zero-order valence-electron chi connectivity index (χ0n) is 28.8. The second kappa shape index (κ2) is 15.4. The second-order valence-electron chi connectivity index (χ2n) is 13.6. The van der Waals surface area contributed by atoms with Crippen LogP contribution >= 0.6 is 11.3 Å². The van der Waals surface area contributed by atoms with Crippen LogP contribution in [0.25, 0.3) is 11.3 Å². The predicted molar refractivity (Wildman–Crippen MR) is 188 cm³/mol. The maximum Gasteiger partial charge on any atom is 0.416 e. The van der Waals surface area contributed by atoms with Crippen molar-refractivity contribution in [2.75, 3.05) is 18.9 Å². The van der Waals surface area contributed by atoms with E-state index >= 15 is 0 Å². The highest BCUT2D eigenvalue weighted by molar-refractivity contribution is 7.91. The van der Waals surface area contributed by atoms with E-state index in [1.165, 1.54) is 28.4 Å². The summed E-state index contributed by atoms with van der Waals surface area (Å²) in [5.74, 6) is -4.62. The summed E-state index contributed by atoms with van der Waals surface area (Å²) in [5, 5.41) is 6.73. The molecule has 1 aromatic heterocycles. The first-order chi connectivity index (χ1) is 24.5. The molecule has 5 rings (SSSR count). The molecule has 0 spiro atoms. The van der Waals surface area contributed by atoms with Crippen LogP contribution in [0.15, 0.2) is 48.9 Å². The molecule has 1 aromatic carbocycles. The Bertz CT molecular complexity index is 1850. The van der Waals surface area contributed by atoms with E-state index in [1.807, 2.05) is 0 Å². The summed E-state index contributed by atoms with van der Waals surface area (Å²) < 4.78 is 73.8. The molecule has 0 unspecified atom stereocenters. The molecule has 3 N–H and O–H groups in total. The number of sulfonamides is 1. The van der Waals surface area contributed by atoms with Crippen molar-refractivity contribution in [1.82, 2.24) is 19.9 Å². The Morgan fingerprint density at radius 3 is 2.44 bits per heavy atom. The third kappa shape index (κ3) is 8.85. The third-order valence-corrected chi connectivity index (χ3v) is 12.3. The monoisotopic (exact) mass is 765 g/mol. The average molecular weight is 766 g/mol. The van der Waals surface area contributed by atoms with E-state index in [0.29, 0.717) is 36.5 Å². The number of unbranched alkanes of at least 4 members (excludes halogenated alkanes) is 2. The highest BCUT2D eigenvalue weighted by Gasteiger charge is 2.62. The van der Waals surface area contributed by atoms with E-state index in [9.17, 15) is 40.8 Å². The van der Waals surface area contributed by atoms with Gasteiger partial charge >= 0.3 is 12.3 Å². The van der Waals surface area contributed by atoms with E-state index in [-0.39, 0.29) is 30.5 Å². The van der Waals surface area contributed by atoms with Gasteiger partial charge in [-0.3, -0.25) is 24.4 Å². The standard InChI is InChI=1S/C35H42F3N5O7S2/c1-5-7-8-9-14-43(4)31(45)27-17-23(16-26(27)30(44)41-34(18-21(34)6-2)32(46)42-52(48,49)24-11-12-24)50-33(47)40-28-15-22(35(36,37)38)10-13-25(28)29-19-51-20(3)39-29/h5-6,10,13,15,19,21,23-24,26-27H,1-2,7-9,11-12,14,16-18H2,3-4H3,(H,40,47)(H,41,44)(H,42,46)/t21-,23-,26-,27-,34-/m1/s1. The van der Waals surface area contributed by atoms with Crippen molar-refractivity contribution in [3.8, 4) is 11.3 Å². The number of hydrogen-bond acceptors (Lipinski definition) is 9. The molecular formula is C35H42F3N5O7S2. The molecule has 52 heavy (non-hydrogen) atoms. The highest BCUT2D eigenvalue weighted by Crippen LogP contribution is 2.46. The number of aryl methyl sites for hydroxylation is 1. The largest absolute Gasteiger partial charge is 0.446 e. The lowest BCUT2D eigenvalue weighted by atomic mass is 9.93. The Hall–Kier alpha value is -4.25. The molecule has 0 radical (unpaired) electrons. The second-order valence-corrected chi connectivity index (χ2v) is 16.6. The number of benzene rings is 1. The number of alkyl halides is 3. The number of anilines is 1. The maximum atomic E-state index is 13.9. The van der Waals surface area contributed by atoms with Crippen LogP contribution in [0.5, 0.6) is 0 Å². The molecule has 12 nitrogen and oxygen atoms in total. The predicted octanol–water partition coefficient (Wildman–Crippen LogP) is 5.56. The van der Waals surface area contributed by atoms with Gasteiger partial charge in [0.25, 0.3) is 5.91 Å². The van der Waals surface area contributed by atoms with Gasteiger partial charge < -0.3 is 15.0 Å². The Balaban J connectivity index is 1.35. The molecule has 3 saturated carbocycles. The van der Waals surface area contributed by atoms with E-state index < -0.39 is 80.2 Å². The van der Waals surface area contributed by atoms with Crippen LogP contribution in [0.2, 0.25) is 0 Å². The molecule has 1 heterocycles. The first-order valence-corrected chi connectivity index (χ1v) is 19.4. The number of amides is 4. The molecule has 17 heteroatoms. The molecule has 0 saturated heterocycles. The maximum absolute atomic E-state index is 13.9. The van der Waals surface area contributed by atoms with Crippen molar-refractivity contribution in [3.05, 3.63) is 59.5 Å². The molecule has 0 bridgehead atoms. The number of ether oxygens (including phenoxy) is 1. The Morgan fingerprint density at radius 1 is 1.13 bits per heavy atom. The van der Waals surface area contributed by atoms with Crippen molar-refractivity contribution < 1.29 is 45.5 Å². The summed E-state index contributed by atoms with van der Waals surface area (Å²) in [6, 6.07) is 2.87. The van der Waals surface area contributed by atoms with Crippen LogP contribution in [-0.4, -0.2) is 72.6 Å². The number of hydrogen-bond donors (Lipinski definition) is 3. The first kappa shape index (κ1) is 39.0. The van der Waals surface area contributed by atoms with E-state index in [1.54, 1.807) is 25.4 Å². The summed E-state index contributed by atoms with van der Waals surface area (Å²) in [6.07, 6.45) is -0.667. The van der Waals surface area contributed by atoms with Gasteiger partial charge in [0.1, 0.15) is 11.6 Å². The van der Waals surface area contributed by atoms with Crippen molar-refractivity contribution in [1.29, 1.82) is 0 Å². The number of rotatable bonds is 15.